The van der Waals surface area contributed by atoms with E-state index in [1.165, 1.54) is 0 Å². The van der Waals surface area contributed by atoms with Crippen molar-refractivity contribution < 1.29 is 9.21 Å². The van der Waals surface area contributed by atoms with Crippen molar-refractivity contribution in [2.75, 3.05) is 5.32 Å². The molecule has 0 aliphatic heterocycles. The maximum Gasteiger partial charge on any atom is 0.291 e. The number of amides is 1. The third-order valence-electron chi connectivity index (χ3n) is 3.94. The Kier molecular flexibility index (Phi) is 4.25. The highest BCUT2D eigenvalue weighted by atomic mass is 16.4. The van der Waals surface area contributed by atoms with Gasteiger partial charge in [0.1, 0.15) is 5.76 Å². The van der Waals surface area contributed by atoms with Gasteiger partial charge >= 0.3 is 0 Å². The van der Waals surface area contributed by atoms with E-state index >= 15 is 0 Å². The molecular formula is C19H21N3O2. The minimum absolute atomic E-state index is 0.247. The molecule has 0 aliphatic rings. The Bertz CT molecular complexity index is 890. The highest BCUT2D eigenvalue weighted by Crippen LogP contribution is 2.18. The Morgan fingerprint density at radius 1 is 1.12 bits per heavy atom. The van der Waals surface area contributed by atoms with Gasteiger partial charge in [-0.1, -0.05) is 12.1 Å². The number of nitrogens with one attached hydrogen (secondary N) is 1. The third-order valence-corrected chi connectivity index (χ3v) is 3.94. The molecule has 3 aromatic rings. The lowest BCUT2D eigenvalue weighted by Gasteiger charge is -2.08. The Labute approximate surface area is 141 Å². The monoisotopic (exact) mass is 323 g/mol. The molecule has 5 nitrogen and oxygen atoms in total. The number of benzene rings is 1. The molecule has 2 heterocycles. The van der Waals surface area contributed by atoms with E-state index in [-0.39, 0.29) is 5.91 Å². The molecule has 0 bridgehead atoms. The van der Waals surface area contributed by atoms with Crippen LogP contribution in [0.2, 0.25) is 0 Å². The second-order valence-corrected chi connectivity index (χ2v) is 6.12. The molecule has 0 atom stereocenters. The van der Waals surface area contributed by atoms with Crippen LogP contribution in [0, 0.1) is 27.7 Å². The van der Waals surface area contributed by atoms with Crippen LogP contribution in [-0.4, -0.2) is 15.7 Å². The van der Waals surface area contributed by atoms with Gasteiger partial charge in [-0.05, 0) is 63.1 Å². The Hall–Kier alpha value is -2.82. The zero-order chi connectivity index (χ0) is 17.3. The second-order valence-electron chi connectivity index (χ2n) is 6.12. The van der Waals surface area contributed by atoms with Crippen LogP contribution in [0.5, 0.6) is 0 Å². The number of carbonyl (C=O) groups excluding carboxylic acids is 1. The molecule has 0 saturated heterocycles. The van der Waals surface area contributed by atoms with Crippen molar-refractivity contribution in [2.24, 2.45) is 0 Å². The predicted molar refractivity (Wildman–Crippen MR) is 93.4 cm³/mol. The average Bonchev–Trinajstić information content (AvgIpc) is 3.10. The number of aryl methyl sites for hydroxylation is 4. The van der Waals surface area contributed by atoms with Crippen molar-refractivity contribution >= 4 is 11.6 Å². The van der Waals surface area contributed by atoms with Gasteiger partial charge in [-0.2, -0.15) is 5.10 Å². The van der Waals surface area contributed by atoms with E-state index in [9.17, 15) is 4.79 Å². The fourth-order valence-corrected chi connectivity index (χ4v) is 2.62. The molecule has 0 radical (unpaired) electrons. The molecular weight excluding hydrogens is 302 g/mol. The largest absolute Gasteiger partial charge is 0.454 e. The molecule has 124 valence electrons. The van der Waals surface area contributed by atoms with Crippen molar-refractivity contribution in [3.8, 4) is 0 Å². The van der Waals surface area contributed by atoms with Gasteiger partial charge in [0.2, 0.25) is 0 Å². The molecule has 0 unspecified atom stereocenters. The summed E-state index contributed by atoms with van der Waals surface area (Å²) >= 11 is 0. The van der Waals surface area contributed by atoms with Crippen LogP contribution < -0.4 is 5.32 Å². The van der Waals surface area contributed by atoms with Gasteiger partial charge in [-0.25, -0.2) is 0 Å². The summed E-state index contributed by atoms with van der Waals surface area (Å²) in [5, 5.41) is 7.31. The first-order chi connectivity index (χ1) is 11.4. The van der Waals surface area contributed by atoms with Crippen LogP contribution >= 0.6 is 0 Å². The van der Waals surface area contributed by atoms with E-state index in [4.69, 9.17) is 4.42 Å². The Balaban J connectivity index is 1.74. The highest BCUT2D eigenvalue weighted by molar-refractivity contribution is 6.02. The first-order valence-electron chi connectivity index (χ1n) is 7.91. The molecule has 0 fully saturated rings. The normalized spacial score (nSPS) is 10.8. The van der Waals surface area contributed by atoms with E-state index in [1.807, 2.05) is 62.7 Å². The first-order valence-corrected chi connectivity index (χ1v) is 7.91. The van der Waals surface area contributed by atoms with Crippen molar-refractivity contribution in [2.45, 2.75) is 34.2 Å². The topological polar surface area (TPSA) is 60.1 Å². The van der Waals surface area contributed by atoms with Gasteiger partial charge in [-0.15, -0.1) is 0 Å². The number of furan rings is 1. The van der Waals surface area contributed by atoms with Crippen LogP contribution in [0.1, 0.15) is 38.8 Å². The van der Waals surface area contributed by atoms with E-state index in [0.717, 1.165) is 28.2 Å². The minimum Gasteiger partial charge on any atom is -0.454 e. The van der Waals surface area contributed by atoms with Crippen LogP contribution in [0.25, 0.3) is 0 Å². The lowest BCUT2D eigenvalue weighted by atomic mass is 10.1. The summed E-state index contributed by atoms with van der Waals surface area (Å²) in [5.74, 6) is 0.753. The van der Waals surface area contributed by atoms with Crippen molar-refractivity contribution in [3.63, 3.8) is 0 Å². The fourth-order valence-electron chi connectivity index (χ4n) is 2.62. The zero-order valence-corrected chi connectivity index (χ0v) is 14.4. The standard InChI is InChI=1S/C19H21N3O2/c1-12-5-6-13(2)17(9-12)20-19(23)18-8-7-16(24-18)11-22-15(4)10-14(3)21-22/h5-10H,11H2,1-4H3,(H,20,23). The summed E-state index contributed by atoms with van der Waals surface area (Å²) in [5.41, 5.74) is 4.94. The summed E-state index contributed by atoms with van der Waals surface area (Å²) in [4.78, 5) is 12.4. The number of rotatable bonds is 4. The summed E-state index contributed by atoms with van der Waals surface area (Å²) in [6, 6.07) is 11.5. The molecule has 1 amide bonds. The van der Waals surface area contributed by atoms with Gasteiger partial charge in [0.15, 0.2) is 5.76 Å². The number of nitrogens with zero attached hydrogens (tertiary/aromatic N) is 2. The third kappa shape index (κ3) is 3.40. The first kappa shape index (κ1) is 16.1. The van der Waals surface area contributed by atoms with Crippen LogP contribution in [-0.2, 0) is 6.54 Å². The quantitative estimate of drug-likeness (QED) is 0.789. The fraction of sp³-hybridized carbons (Fsp3) is 0.263. The molecule has 1 aromatic carbocycles. The maximum atomic E-state index is 12.4. The molecule has 5 heteroatoms. The van der Waals surface area contributed by atoms with Crippen molar-refractivity contribution in [1.82, 2.24) is 9.78 Å². The number of hydrogen-bond acceptors (Lipinski definition) is 3. The number of hydrogen-bond donors (Lipinski definition) is 1. The van der Waals surface area contributed by atoms with Crippen LogP contribution in [0.4, 0.5) is 5.69 Å². The number of carbonyl (C=O) groups is 1. The van der Waals surface area contributed by atoms with E-state index in [1.54, 1.807) is 6.07 Å². The summed E-state index contributed by atoms with van der Waals surface area (Å²) in [6.07, 6.45) is 0. The van der Waals surface area contributed by atoms with Crippen LogP contribution in [0.15, 0.2) is 40.8 Å². The molecule has 0 spiro atoms. The van der Waals surface area contributed by atoms with Gasteiger partial charge < -0.3 is 9.73 Å². The molecule has 2 aromatic heterocycles. The molecule has 24 heavy (non-hydrogen) atoms. The lowest BCUT2D eigenvalue weighted by Crippen LogP contribution is -2.12. The SMILES string of the molecule is Cc1ccc(C)c(NC(=O)c2ccc(Cn3nc(C)cc3C)o2)c1. The van der Waals surface area contributed by atoms with E-state index in [2.05, 4.69) is 10.4 Å². The Morgan fingerprint density at radius 2 is 1.92 bits per heavy atom. The lowest BCUT2D eigenvalue weighted by molar-refractivity contribution is 0.0994. The summed E-state index contributed by atoms with van der Waals surface area (Å²) < 4.78 is 7.54. The van der Waals surface area contributed by atoms with Crippen LogP contribution in [0.3, 0.4) is 0 Å². The second kappa shape index (κ2) is 6.35. The van der Waals surface area contributed by atoms with Gasteiger partial charge in [0.05, 0.1) is 12.2 Å². The van der Waals surface area contributed by atoms with Crippen molar-refractivity contribution in [1.29, 1.82) is 0 Å². The predicted octanol–water partition coefficient (Wildman–Crippen LogP) is 4.01. The maximum absolute atomic E-state index is 12.4. The average molecular weight is 323 g/mol. The van der Waals surface area contributed by atoms with Crippen molar-refractivity contribution in [3.05, 3.63) is 70.4 Å². The zero-order valence-electron chi connectivity index (χ0n) is 14.4. The molecule has 3 rings (SSSR count). The molecule has 1 N–H and O–H groups in total. The van der Waals surface area contributed by atoms with Gasteiger partial charge in [0.25, 0.3) is 5.91 Å². The highest BCUT2D eigenvalue weighted by Gasteiger charge is 2.13. The number of aromatic nitrogens is 2. The van der Waals surface area contributed by atoms with Gasteiger partial charge in [0, 0.05) is 11.4 Å². The Morgan fingerprint density at radius 3 is 2.62 bits per heavy atom. The minimum atomic E-state index is -0.247. The van der Waals surface area contributed by atoms with E-state index < -0.39 is 0 Å². The molecule has 0 aliphatic carbocycles. The smallest absolute Gasteiger partial charge is 0.291 e. The molecule has 0 saturated carbocycles. The number of anilines is 1. The van der Waals surface area contributed by atoms with Gasteiger partial charge in [-0.3, -0.25) is 9.48 Å². The summed E-state index contributed by atoms with van der Waals surface area (Å²) in [6.45, 7) is 8.42. The summed E-state index contributed by atoms with van der Waals surface area (Å²) in [7, 11) is 0. The van der Waals surface area contributed by atoms with E-state index in [0.29, 0.717) is 18.1 Å².